The van der Waals surface area contributed by atoms with Crippen molar-refractivity contribution in [3.63, 3.8) is 0 Å². The van der Waals surface area contributed by atoms with Gasteiger partial charge in [-0.1, -0.05) is 0 Å². The Morgan fingerprint density at radius 1 is 1.37 bits per heavy atom. The molecule has 1 aliphatic heterocycles. The van der Waals surface area contributed by atoms with E-state index in [2.05, 4.69) is 16.8 Å². The summed E-state index contributed by atoms with van der Waals surface area (Å²) >= 11 is 0. The fourth-order valence-corrected chi connectivity index (χ4v) is 2.82. The lowest BCUT2D eigenvalue weighted by Crippen LogP contribution is -2.36. The SMILES string of the molecule is COc1c(C)cnc(CN2CCC(CN)CC2)c1C. The number of hydrogen-bond donors (Lipinski definition) is 1. The number of nitrogens with zero attached hydrogens (tertiary/aromatic N) is 2. The van der Waals surface area contributed by atoms with Crippen molar-refractivity contribution in [2.75, 3.05) is 26.7 Å². The Morgan fingerprint density at radius 3 is 2.63 bits per heavy atom. The summed E-state index contributed by atoms with van der Waals surface area (Å²) in [5, 5.41) is 0. The summed E-state index contributed by atoms with van der Waals surface area (Å²) in [6.07, 6.45) is 4.32. The van der Waals surface area contributed by atoms with E-state index in [0.717, 1.165) is 43.2 Å². The van der Waals surface area contributed by atoms with Crippen LogP contribution < -0.4 is 10.5 Å². The third kappa shape index (κ3) is 3.25. The van der Waals surface area contributed by atoms with Gasteiger partial charge in [0.05, 0.1) is 12.8 Å². The number of hydrogen-bond acceptors (Lipinski definition) is 4. The molecule has 1 aromatic rings. The molecule has 2 N–H and O–H groups in total. The van der Waals surface area contributed by atoms with Crippen LogP contribution in [0.2, 0.25) is 0 Å². The second-order valence-corrected chi connectivity index (χ2v) is 5.50. The van der Waals surface area contributed by atoms with E-state index in [4.69, 9.17) is 10.5 Å². The monoisotopic (exact) mass is 263 g/mol. The van der Waals surface area contributed by atoms with Gasteiger partial charge in [0.2, 0.25) is 0 Å². The standard InChI is InChI=1S/C15H25N3O/c1-11-9-17-14(12(2)15(11)19-3)10-18-6-4-13(8-16)5-7-18/h9,13H,4-8,10,16H2,1-3H3. The lowest BCUT2D eigenvalue weighted by molar-refractivity contribution is 0.178. The second kappa shape index (κ2) is 6.35. The van der Waals surface area contributed by atoms with Crippen LogP contribution in [0.3, 0.4) is 0 Å². The molecular weight excluding hydrogens is 238 g/mol. The van der Waals surface area contributed by atoms with Crippen LogP contribution in [0.15, 0.2) is 6.20 Å². The van der Waals surface area contributed by atoms with Gasteiger partial charge in [-0.3, -0.25) is 9.88 Å². The van der Waals surface area contributed by atoms with Crippen molar-refractivity contribution in [2.24, 2.45) is 11.7 Å². The number of likely N-dealkylation sites (tertiary alicyclic amines) is 1. The van der Waals surface area contributed by atoms with E-state index in [9.17, 15) is 0 Å². The minimum Gasteiger partial charge on any atom is -0.496 e. The number of piperidine rings is 1. The van der Waals surface area contributed by atoms with Gasteiger partial charge in [0.25, 0.3) is 0 Å². The number of rotatable bonds is 4. The molecule has 0 bridgehead atoms. The van der Waals surface area contributed by atoms with E-state index in [1.807, 2.05) is 13.1 Å². The fraction of sp³-hybridized carbons (Fsp3) is 0.667. The molecule has 2 heterocycles. The zero-order valence-corrected chi connectivity index (χ0v) is 12.3. The minimum absolute atomic E-state index is 0.706. The first-order chi connectivity index (χ1) is 9.15. The Kier molecular flexibility index (Phi) is 4.77. The van der Waals surface area contributed by atoms with E-state index >= 15 is 0 Å². The molecular formula is C15H25N3O. The second-order valence-electron chi connectivity index (χ2n) is 5.50. The molecule has 4 nitrogen and oxygen atoms in total. The van der Waals surface area contributed by atoms with Gasteiger partial charge < -0.3 is 10.5 Å². The van der Waals surface area contributed by atoms with Gasteiger partial charge in [0, 0.05) is 23.9 Å². The lowest BCUT2D eigenvalue weighted by atomic mass is 9.97. The predicted molar refractivity (Wildman–Crippen MR) is 77.3 cm³/mol. The average Bonchev–Trinajstić information content (AvgIpc) is 2.43. The molecule has 0 radical (unpaired) electrons. The smallest absolute Gasteiger partial charge is 0.128 e. The summed E-state index contributed by atoms with van der Waals surface area (Å²) in [4.78, 5) is 7.04. The van der Waals surface area contributed by atoms with Gasteiger partial charge in [-0.2, -0.15) is 0 Å². The molecule has 0 atom stereocenters. The summed E-state index contributed by atoms with van der Waals surface area (Å²) in [6, 6.07) is 0. The summed E-state index contributed by atoms with van der Waals surface area (Å²) in [7, 11) is 1.73. The molecule has 106 valence electrons. The molecule has 1 saturated heterocycles. The first kappa shape index (κ1) is 14.3. The molecule has 4 heteroatoms. The maximum absolute atomic E-state index is 5.73. The molecule has 0 amide bonds. The number of pyridine rings is 1. The van der Waals surface area contributed by atoms with Gasteiger partial charge in [-0.25, -0.2) is 0 Å². The highest BCUT2D eigenvalue weighted by Gasteiger charge is 2.19. The Morgan fingerprint density at radius 2 is 2.05 bits per heavy atom. The van der Waals surface area contributed by atoms with Gasteiger partial charge in [0.15, 0.2) is 0 Å². The van der Waals surface area contributed by atoms with Crippen molar-refractivity contribution in [1.29, 1.82) is 0 Å². The van der Waals surface area contributed by atoms with Crippen molar-refractivity contribution < 1.29 is 4.74 Å². The third-order valence-electron chi connectivity index (χ3n) is 4.16. The summed E-state index contributed by atoms with van der Waals surface area (Å²) in [5.74, 6) is 1.68. The Labute approximate surface area is 116 Å². The zero-order valence-electron chi connectivity index (χ0n) is 12.3. The lowest BCUT2D eigenvalue weighted by Gasteiger charge is -2.31. The number of aryl methyl sites for hydroxylation is 1. The van der Waals surface area contributed by atoms with Gasteiger partial charge in [0.1, 0.15) is 5.75 Å². The van der Waals surface area contributed by atoms with Crippen molar-refractivity contribution >= 4 is 0 Å². The van der Waals surface area contributed by atoms with Gasteiger partial charge in [-0.05, 0) is 52.2 Å². The molecule has 0 aliphatic carbocycles. The minimum atomic E-state index is 0.706. The number of ether oxygens (including phenoxy) is 1. The van der Waals surface area contributed by atoms with E-state index in [1.165, 1.54) is 18.4 Å². The molecule has 0 unspecified atom stereocenters. The molecule has 19 heavy (non-hydrogen) atoms. The predicted octanol–water partition coefficient (Wildman–Crippen LogP) is 1.88. The molecule has 1 aromatic heterocycles. The van der Waals surface area contributed by atoms with Crippen LogP contribution >= 0.6 is 0 Å². The molecule has 0 aromatic carbocycles. The zero-order chi connectivity index (χ0) is 13.8. The summed E-state index contributed by atoms with van der Waals surface area (Å²) < 4.78 is 5.46. The maximum atomic E-state index is 5.73. The highest BCUT2D eigenvalue weighted by molar-refractivity contribution is 5.41. The van der Waals surface area contributed by atoms with Crippen molar-refractivity contribution in [1.82, 2.24) is 9.88 Å². The number of methoxy groups -OCH3 is 1. The summed E-state index contributed by atoms with van der Waals surface area (Å²) in [6.45, 7) is 8.12. The van der Waals surface area contributed by atoms with E-state index < -0.39 is 0 Å². The highest BCUT2D eigenvalue weighted by atomic mass is 16.5. The van der Waals surface area contributed by atoms with Crippen LogP contribution in [-0.4, -0.2) is 36.6 Å². The van der Waals surface area contributed by atoms with Gasteiger partial charge in [-0.15, -0.1) is 0 Å². The van der Waals surface area contributed by atoms with Crippen molar-refractivity contribution in [3.8, 4) is 5.75 Å². The molecule has 2 rings (SSSR count). The van der Waals surface area contributed by atoms with Crippen LogP contribution in [0, 0.1) is 19.8 Å². The normalized spacial score (nSPS) is 17.7. The third-order valence-corrected chi connectivity index (χ3v) is 4.16. The number of aromatic nitrogens is 1. The van der Waals surface area contributed by atoms with Crippen molar-refractivity contribution in [3.05, 3.63) is 23.0 Å². The molecule has 0 spiro atoms. The largest absolute Gasteiger partial charge is 0.496 e. The Hall–Kier alpha value is -1.13. The van der Waals surface area contributed by atoms with E-state index in [-0.39, 0.29) is 0 Å². The Bertz CT molecular complexity index is 426. The quantitative estimate of drug-likeness (QED) is 0.901. The maximum Gasteiger partial charge on any atom is 0.128 e. The number of nitrogens with two attached hydrogens (primary N) is 1. The molecule has 1 fully saturated rings. The highest BCUT2D eigenvalue weighted by Crippen LogP contribution is 2.26. The van der Waals surface area contributed by atoms with Gasteiger partial charge >= 0.3 is 0 Å². The first-order valence-electron chi connectivity index (χ1n) is 7.07. The molecule has 0 saturated carbocycles. The van der Waals surface area contributed by atoms with Crippen LogP contribution in [0.4, 0.5) is 0 Å². The van der Waals surface area contributed by atoms with E-state index in [1.54, 1.807) is 7.11 Å². The molecule has 1 aliphatic rings. The van der Waals surface area contributed by atoms with E-state index in [0.29, 0.717) is 5.92 Å². The van der Waals surface area contributed by atoms with Crippen molar-refractivity contribution in [2.45, 2.75) is 33.2 Å². The topological polar surface area (TPSA) is 51.4 Å². The fourth-order valence-electron chi connectivity index (χ4n) is 2.82. The van der Waals surface area contributed by atoms with Crippen LogP contribution in [-0.2, 0) is 6.54 Å². The first-order valence-corrected chi connectivity index (χ1v) is 7.07. The summed E-state index contributed by atoms with van der Waals surface area (Å²) in [5.41, 5.74) is 9.14. The van der Waals surface area contributed by atoms with Crippen LogP contribution in [0.5, 0.6) is 5.75 Å². The average molecular weight is 263 g/mol. The van der Waals surface area contributed by atoms with Crippen LogP contribution in [0.1, 0.15) is 29.7 Å². The van der Waals surface area contributed by atoms with Crippen LogP contribution in [0.25, 0.3) is 0 Å². The Balaban J connectivity index is 2.04.